The third kappa shape index (κ3) is 18.5. The van der Waals surface area contributed by atoms with E-state index in [-0.39, 0.29) is 0 Å². The van der Waals surface area contributed by atoms with Crippen molar-refractivity contribution in [1.82, 2.24) is 0 Å². The molecule has 0 aliphatic carbocycles. The van der Waals surface area contributed by atoms with Crippen molar-refractivity contribution in [3.63, 3.8) is 0 Å². The molecular formula is C17H37ClOSi. The average molecular weight is 321 g/mol. The van der Waals surface area contributed by atoms with Gasteiger partial charge >= 0.3 is 0 Å². The number of hydrogen-bond acceptors (Lipinski definition) is 1. The van der Waals surface area contributed by atoms with Crippen LogP contribution in [0.1, 0.15) is 83.5 Å². The number of aliphatic hydroxyl groups excluding tert-OH is 1. The molecule has 0 atom stereocenters. The lowest BCUT2D eigenvalue weighted by Crippen LogP contribution is -2.14. The Morgan fingerprint density at radius 2 is 0.900 bits per heavy atom. The van der Waals surface area contributed by atoms with Gasteiger partial charge in [0.05, 0.1) is 0 Å². The van der Waals surface area contributed by atoms with E-state index < -0.39 is 7.38 Å². The molecule has 0 saturated heterocycles. The van der Waals surface area contributed by atoms with Gasteiger partial charge in [-0.05, 0) is 12.5 Å². The first-order chi connectivity index (χ1) is 9.56. The van der Waals surface area contributed by atoms with E-state index in [0.717, 1.165) is 6.42 Å². The smallest absolute Gasteiger partial charge is 0.150 e. The Kier molecular flexibility index (Phi) is 14.7. The van der Waals surface area contributed by atoms with Crippen LogP contribution in [0.3, 0.4) is 0 Å². The second-order valence-corrected chi connectivity index (χ2v) is 13.8. The highest BCUT2D eigenvalue weighted by Gasteiger charge is 2.15. The van der Waals surface area contributed by atoms with Gasteiger partial charge in [0.2, 0.25) is 0 Å². The first-order valence-corrected chi connectivity index (χ1v) is 13.1. The van der Waals surface area contributed by atoms with Crippen molar-refractivity contribution < 1.29 is 5.11 Å². The second kappa shape index (κ2) is 14.4. The van der Waals surface area contributed by atoms with Gasteiger partial charge in [0.15, 0.2) is 0 Å². The van der Waals surface area contributed by atoms with Gasteiger partial charge in [0.1, 0.15) is 7.38 Å². The van der Waals surface area contributed by atoms with Crippen LogP contribution < -0.4 is 0 Å². The zero-order valence-electron chi connectivity index (χ0n) is 13.9. The number of rotatable bonds is 15. The Morgan fingerprint density at radius 3 is 1.20 bits per heavy atom. The lowest BCUT2D eigenvalue weighted by Gasteiger charge is -2.11. The maximum absolute atomic E-state index is 8.68. The summed E-state index contributed by atoms with van der Waals surface area (Å²) in [6, 6.07) is 1.28. The lowest BCUT2D eigenvalue weighted by molar-refractivity contribution is 0.282. The molecule has 0 aliphatic heterocycles. The Bertz CT molecular complexity index is 192. The molecular weight excluding hydrogens is 284 g/mol. The second-order valence-electron chi connectivity index (χ2n) is 6.79. The van der Waals surface area contributed by atoms with E-state index in [1.165, 1.54) is 83.1 Å². The van der Waals surface area contributed by atoms with Crippen molar-refractivity contribution in [2.24, 2.45) is 0 Å². The van der Waals surface area contributed by atoms with E-state index in [2.05, 4.69) is 13.1 Å². The summed E-state index contributed by atoms with van der Waals surface area (Å²) in [7, 11) is -1.30. The van der Waals surface area contributed by atoms with Crippen LogP contribution in [0, 0.1) is 0 Å². The zero-order valence-corrected chi connectivity index (χ0v) is 15.7. The van der Waals surface area contributed by atoms with Crippen LogP contribution in [-0.4, -0.2) is 19.1 Å². The molecule has 1 nitrogen and oxygen atoms in total. The highest BCUT2D eigenvalue weighted by atomic mass is 35.6. The van der Waals surface area contributed by atoms with Gasteiger partial charge in [-0.15, -0.1) is 0 Å². The quantitative estimate of drug-likeness (QED) is 0.207. The van der Waals surface area contributed by atoms with Crippen LogP contribution in [-0.2, 0) is 0 Å². The number of hydrogen-bond donors (Lipinski definition) is 1. The Hall–Kier alpha value is 0.467. The molecule has 122 valence electrons. The number of aliphatic hydroxyl groups is 1. The van der Waals surface area contributed by atoms with Crippen molar-refractivity contribution in [3.05, 3.63) is 0 Å². The molecule has 0 aromatic carbocycles. The van der Waals surface area contributed by atoms with E-state index in [1.807, 2.05) is 0 Å². The van der Waals surface area contributed by atoms with Crippen LogP contribution in [0.15, 0.2) is 0 Å². The molecule has 0 aromatic heterocycles. The van der Waals surface area contributed by atoms with E-state index >= 15 is 0 Å². The minimum atomic E-state index is -1.30. The summed E-state index contributed by atoms with van der Waals surface area (Å²) in [5.74, 6) is 0. The molecule has 0 rings (SSSR count). The van der Waals surface area contributed by atoms with Crippen LogP contribution in [0.4, 0.5) is 0 Å². The molecule has 0 aromatic rings. The molecule has 20 heavy (non-hydrogen) atoms. The standard InChI is InChI=1S/C17H37ClOSi/c1-20(2,18)17-15-13-11-9-7-5-3-4-6-8-10-12-14-16-19/h19H,3-17H2,1-2H3. The molecule has 0 aliphatic rings. The summed E-state index contributed by atoms with van der Waals surface area (Å²) in [4.78, 5) is 0. The fourth-order valence-electron chi connectivity index (χ4n) is 2.60. The SMILES string of the molecule is C[Si](C)(Cl)CCCCCCCCCCCCCCCO. The molecule has 0 radical (unpaired) electrons. The first-order valence-electron chi connectivity index (χ1n) is 8.86. The monoisotopic (exact) mass is 320 g/mol. The summed E-state index contributed by atoms with van der Waals surface area (Å²) in [5, 5.41) is 8.68. The van der Waals surface area contributed by atoms with Crippen molar-refractivity contribution >= 4 is 18.5 Å². The molecule has 0 spiro atoms. The summed E-state index contributed by atoms with van der Waals surface area (Å²) < 4.78 is 0. The first kappa shape index (κ1) is 20.5. The lowest BCUT2D eigenvalue weighted by atomic mass is 10.0. The maximum atomic E-state index is 8.68. The summed E-state index contributed by atoms with van der Waals surface area (Å²) >= 11 is 6.31. The van der Waals surface area contributed by atoms with Crippen LogP contribution in [0.25, 0.3) is 0 Å². The van der Waals surface area contributed by atoms with Gasteiger partial charge in [0.25, 0.3) is 0 Å². The van der Waals surface area contributed by atoms with Crippen molar-refractivity contribution in [1.29, 1.82) is 0 Å². The third-order valence-corrected chi connectivity index (χ3v) is 6.04. The number of halogens is 1. The zero-order chi connectivity index (χ0) is 15.1. The molecule has 0 heterocycles. The molecule has 0 fully saturated rings. The van der Waals surface area contributed by atoms with Crippen LogP contribution in [0.5, 0.6) is 0 Å². The highest BCUT2D eigenvalue weighted by Crippen LogP contribution is 2.19. The van der Waals surface area contributed by atoms with E-state index in [1.54, 1.807) is 0 Å². The molecule has 3 heteroatoms. The minimum Gasteiger partial charge on any atom is -0.396 e. The average Bonchev–Trinajstić information content (AvgIpc) is 2.38. The van der Waals surface area contributed by atoms with Crippen LogP contribution >= 0.6 is 11.1 Å². The van der Waals surface area contributed by atoms with Gasteiger partial charge < -0.3 is 5.11 Å². The van der Waals surface area contributed by atoms with Crippen LogP contribution in [0.2, 0.25) is 19.1 Å². The normalized spacial score (nSPS) is 12.0. The van der Waals surface area contributed by atoms with Gasteiger partial charge in [-0.25, -0.2) is 0 Å². The number of unbranched alkanes of at least 4 members (excludes halogenated alkanes) is 12. The van der Waals surface area contributed by atoms with E-state index in [9.17, 15) is 0 Å². The maximum Gasteiger partial charge on any atom is 0.150 e. The highest BCUT2D eigenvalue weighted by molar-refractivity contribution is 7.19. The van der Waals surface area contributed by atoms with Crippen molar-refractivity contribution in [2.75, 3.05) is 6.61 Å². The molecule has 1 N–H and O–H groups in total. The Morgan fingerprint density at radius 1 is 0.600 bits per heavy atom. The topological polar surface area (TPSA) is 20.2 Å². The van der Waals surface area contributed by atoms with Crippen molar-refractivity contribution in [2.45, 2.75) is 103 Å². The molecule has 0 unspecified atom stereocenters. The van der Waals surface area contributed by atoms with Gasteiger partial charge in [-0.2, -0.15) is 11.1 Å². The summed E-state index contributed by atoms with van der Waals surface area (Å²) in [6.45, 7) is 4.86. The Balaban J connectivity index is 2.99. The Labute approximate surface area is 133 Å². The van der Waals surface area contributed by atoms with Crippen molar-refractivity contribution in [3.8, 4) is 0 Å². The molecule has 0 amide bonds. The van der Waals surface area contributed by atoms with E-state index in [4.69, 9.17) is 16.2 Å². The fraction of sp³-hybridized carbons (Fsp3) is 1.00. The van der Waals surface area contributed by atoms with Gasteiger partial charge in [-0.1, -0.05) is 90.1 Å². The summed E-state index contributed by atoms with van der Waals surface area (Å²) in [6.07, 6.45) is 17.5. The van der Waals surface area contributed by atoms with Gasteiger partial charge in [-0.3, -0.25) is 0 Å². The largest absolute Gasteiger partial charge is 0.396 e. The summed E-state index contributed by atoms with van der Waals surface area (Å²) in [5.41, 5.74) is 0. The minimum absolute atomic E-state index is 0.366. The predicted molar refractivity (Wildman–Crippen MR) is 95.2 cm³/mol. The molecule has 0 saturated carbocycles. The van der Waals surface area contributed by atoms with E-state index in [0.29, 0.717) is 6.61 Å². The van der Waals surface area contributed by atoms with Gasteiger partial charge in [0, 0.05) is 6.61 Å². The third-order valence-electron chi connectivity index (χ3n) is 3.93. The molecule has 0 bridgehead atoms. The fourth-order valence-corrected chi connectivity index (χ4v) is 4.09. The predicted octanol–water partition coefficient (Wildman–Crippen LogP) is 6.49.